The Kier molecular flexibility index (Phi) is 7.38. The monoisotopic (exact) mass is 627 g/mol. The number of carbonyl (C=O) groups excluding carboxylic acids is 1. The second-order valence-corrected chi connectivity index (χ2v) is 11.5. The van der Waals surface area contributed by atoms with Gasteiger partial charge in [-0.15, -0.1) is 11.3 Å². The fraction of sp³-hybridized carbons (Fsp3) is 0.212. The average molecular weight is 628 g/mol. The van der Waals surface area contributed by atoms with Crippen LogP contribution in [-0.2, 0) is 9.57 Å². The Hall–Kier alpha value is -4.94. The van der Waals surface area contributed by atoms with Gasteiger partial charge in [-0.2, -0.15) is 0 Å². The van der Waals surface area contributed by atoms with Crippen molar-refractivity contribution in [1.29, 1.82) is 0 Å². The Morgan fingerprint density at radius 3 is 2.53 bits per heavy atom. The molecule has 4 heterocycles. The summed E-state index contributed by atoms with van der Waals surface area (Å²) in [6.45, 7) is 4.19. The second kappa shape index (κ2) is 11.5. The number of carbonyl (C=O) groups is 1. The van der Waals surface area contributed by atoms with E-state index < -0.39 is 23.6 Å². The summed E-state index contributed by atoms with van der Waals surface area (Å²) in [5, 5.41) is 8.33. The van der Waals surface area contributed by atoms with Crippen LogP contribution < -0.4 is 5.06 Å². The van der Waals surface area contributed by atoms with Crippen LogP contribution in [0, 0.1) is 25.5 Å². The lowest BCUT2D eigenvalue weighted by molar-refractivity contribution is 0.0454. The normalized spacial score (nSPS) is 15.1. The number of benzene rings is 3. The van der Waals surface area contributed by atoms with Crippen LogP contribution in [0.25, 0.3) is 38.5 Å². The Morgan fingerprint density at radius 2 is 1.80 bits per heavy atom. The second-order valence-electron chi connectivity index (χ2n) is 10.7. The number of halogens is 2. The minimum atomic E-state index is -0.958. The molecule has 1 aliphatic heterocycles. The Balaban J connectivity index is 1.37. The predicted octanol–water partition coefficient (Wildman–Crippen LogP) is 7.76. The largest absolute Gasteiger partial charge is 0.465 e. The van der Waals surface area contributed by atoms with E-state index in [0.717, 1.165) is 57.7 Å². The van der Waals surface area contributed by atoms with Crippen molar-refractivity contribution < 1.29 is 27.7 Å². The molecule has 0 bridgehead atoms. The lowest BCUT2D eigenvalue weighted by atomic mass is 10.0. The van der Waals surface area contributed by atoms with Crippen molar-refractivity contribution in [3.05, 3.63) is 101 Å². The number of esters is 1. The van der Waals surface area contributed by atoms with Crippen LogP contribution in [0.15, 0.2) is 70.6 Å². The quantitative estimate of drug-likeness (QED) is 0.173. The minimum absolute atomic E-state index is 0.388. The molecule has 0 saturated carbocycles. The lowest BCUT2D eigenvalue weighted by Crippen LogP contribution is -2.35. The summed E-state index contributed by atoms with van der Waals surface area (Å²) >= 11 is 1.44. The molecule has 7 rings (SSSR count). The maximum atomic E-state index is 14.3. The van der Waals surface area contributed by atoms with E-state index in [9.17, 15) is 13.6 Å². The number of hydroxylamine groups is 1. The van der Waals surface area contributed by atoms with Crippen LogP contribution in [0.3, 0.4) is 0 Å². The molecule has 3 aromatic heterocycles. The first-order chi connectivity index (χ1) is 21.8. The summed E-state index contributed by atoms with van der Waals surface area (Å²) in [6, 6.07) is 16.3. The Labute approximate surface area is 260 Å². The van der Waals surface area contributed by atoms with Gasteiger partial charge < -0.3 is 9.26 Å². The molecule has 9 nitrogen and oxygen atoms in total. The molecular formula is C33H27F2N5O4S. The first-order valence-electron chi connectivity index (χ1n) is 14.3. The van der Waals surface area contributed by atoms with Crippen LogP contribution >= 0.6 is 11.3 Å². The topological polar surface area (TPSA) is 95.5 Å². The molecule has 12 heteroatoms. The molecule has 0 radical (unpaired) electrons. The van der Waals surface area contributed by atoms with Crippen molar-refractivity contribution in [3.63, 3.8) is 0 Å². The van der Waals surface area contributed by atoms with Crippen LogP contribution in [0.5, 0.6) is 0 Å². The molecule has 1 atom stereocenters. The molecule has 228 valence electrons. The molecule has 1 saturated heterocycles. The fourth-order valence-corrected chi connectivity index (χ4v) is 6.58. The number of nitrogens with zero attached hydrogens (tertiary/aromatic N) is 5. The number of hydrogen-bond acceptors (Lipinski definition) is 9. The number of aryl methyl sites for hydroxylation is 2. The number of imidazole rings is 1. The zero-order chi connectivity index (χ0) is 31.2. The highest BCUT2D eigenvalue weighted by Crippen LogP contribution is 2.39. The van der Waals surface area contributed by atoms with Crippen LogP contribution in [0.2, 0.25) is 0 Å². The van der Waals surface area contributed by atoms with Gasteiger partial charge in [0.15, 0.2) is 16.8 Å². The molecule has 0 spiro atoms. The minimum Gasteiger partial charge on any atom is -0.465 e. The van der Waals surface area contributed by atoms with E-state index >= 15 is 0 Å². The van der Waals surface area contributed by atoms with Gasteiger partial charge in [-0.3, -0.25) is 9.40 Å². The SMILES string of the molecule is COC(=O)c1ccc(-c2csc(-n3c([C@@H]4CCCON4c4ccc(F)c(F)c4)nc4cc(-c5c(C)noc5C)ccc43)n2)cc1. The van der Waals surface area contributed by atoms with Gasteiger partial charge >= 0.3 is 5.97 Å². The highest BCUT2D eigenvalue weighted by molar-refractivity contribution is 7.12. The molecule has 0 N–H and O–H groups in total. The number of aromatic nitrogens is 4. The summed E-state index contributed by atoms with van der Waals surface area (Å²) in [4.78, 5) is 28.1. The summed E-state index contributed by atoms with van der Waals surface area (Å²) in [5.74, 6) is -0.944. The number of ether oxygens (including phenoxy) is 1. The summed E-state index contributed by atoms with van der Waals surface area (Å²) < 4.78 is 40.4. The third-order valence-corrected chi connectivity index (χ3v) is 8.70. The third-order valence-electron chi connectivity index (χ3n) is 7.88. The maximum absolute atomic E-state index is 14.3. The predicted molar refractivity (Wildman–Crippen MR) is 165 cm³/mol. The van der Waals surface area contributed by atoms with Gasteiger partial charge in [-0.05, 0) is 68.7 Å². The number of anilines is 1. The highest BCUT2D eigenvalue weighted by Gasteiger charge is 2.32. The molecule has 0 amide bonds. The van der Waals surface area contributed by atoms with Gasteiger partial charge in [0, 0.05) is 22.6 Å². The van der Waals surface area contributed by atoms with Crippen molar-refractivity contribution in [1.82, 2.24) is 19.7 Å². The van der Waals surface area contributed by atoms with Crippen molar-refractivity contribution in [2.75, 3.05) is 18.8 Å². The van der Waals surface area contributed by atoms with Crippen molar-refractivity contribution in [3.8, 4) is 27.5 Å². The van der Waals surface area contributed by atoms with E-state index in [4.69, 9.17) is 24.1 Å². The average Bonchev–Trinajstić information content (AvgIpc) is 3.78. The number of hydrogen-bond donors (Lipinski definition) is 0. The number of fused-ring (bicyclic) bond motifs is 1. The molecular weight excluding hydrogens is 600 g/mol. The number of methoxy groups -OCH3 is 1. The van der Waals surface area contributed by atoms with Crippen LogP contribution in [0.1, 0.15) is 46.5 Å². The van der Waals surface area contributed by atoms with Crippen LogP contribution in [-0.4, -0.2) is 39.4 Å². The smallest absolute Gasteiger partial charge is 0.337 e. The molecule has 0 unspecified atom stereocenters. The standard InChI is InChI=1S/C33H27F2N5O4S/c1-18-30(19(2)44-38-18)22-10-13-28-26(15-22)36-31(29-5-4-14-43-40(29)23-11-12-24(34)25(35)16-23)39(28)33-37-27(17-45-33)20-6-8-21(9-7-20)32(41)42-3/h6-13,15-17,29H,4-5,14H2,1-3H3/t29-/m0/s1. The van der Waals surface area contributed by atoms with E-state index in [-0.39, 0.29) is 0 Å². The zero-order valence-corrected chi connectivity index (χ0v) is 25.4. The van der Waals surface area contributed by atoms with Crippen molar-refractivity contribution >= 4 is 34.0 Å². The van der Waals surface area contributed by atoms with E-state index in [1.807, 2.05) is 54.1 Å². The molecule has 3 aromatic carbocycles. The van der Waals surface area contributed by atoms with E-state index in [2.05, 4.69) is 5.16 Å². The molecule has 6 aromatic rings. The summed E-state index contributed by atoms with van der Waals surface area (Å²) in [6.07, 6.45) is 1.40. The molecule has 45 heavy (non-hydrogen) atoms. The molecule has 1 fully saturated rings. The van der Waals surface area contributed by atoms with E-state index in [1.165, 1.54) is 24.5 Å². The van der Waals surface area contributed by atoms with Gasteiger partial charge in [0.2, 0.25) is 0 Å². The van der Waals surface area contributed by atoms with E-state index in [1.54, 1.807) is 17.2 Å². The number of thiazole rings is 1. The van der Waals surface area contributed by atoms with Gasteiger partial charge in [-0.25, -0.2) is 28.6 Å². The molecule has 1 aliphatic rings. The Morgan fingerprint density at radius 1 is 1.00 bits per heavy atom. The maximum Gasteiger partial charge on any atom is 0.337 e. The highest BCUT2D eigenvalue weighted by atomic mass is 32.1. The fourth-order valence-electron chi connectivity index (χ4n) is 5.73. The first kappa shape index (κ1) is 28.8. The zero-order valence-electron chi connectivity index (χ0n) is 24.6. The third kappa shape index (κ3) is 5.15. The number of rotatable bonds is 6. The summed E-state index contributed by atoms with van der Waals surface area (Å²) in [7, 11) is 1.35. The van der Waals surface area contributed by atoms with Gasteiger partial charge in [0.25, 0.3) is 0 Å². The van der Waals surface area contributed by atoms with Gasteiger partial charge in [-0.1, -0.05) is 23.4 Å². The van der Waals surface area contributed by atoms with Crippen molar-refractivity contribution in [2.45, 2.75) is 32.7 Å². The van der Waals surface area contributed by atoms with Crippen LogP contribution in [0.4, 0.5) is 14.5 Å². The van der Waals surface area contributed by atoms with Crippen molar-refractivity contribution in [2.24, 2.45) is 0 Å². The first-order valence-corrected chi connectivity index (χ1v) is 15.2. The lowest BCUT2D eigenvalue weighted by Gasteiger charge is -2.35. The van der Waals surface area contributed by atoms with Gasteiger partial charge in [0.05, 0.1) is 47.4 Å². The summed E-state index contributed by atoms with van der Waals surface area (Å²) in [5.41, 5.74) is 6.53. The van der Waals surface area contributed by atoms with Gasteiger partial charge in [0.1, 0.15) is 17.6 Å². The Bertz CT molecular complexity index is 2030. The van der Waals surface area contributed by atoms with E-state index in [0.29, 0.717) is 41.0 Å². The molecule has 0 aliphatic carbocycles.